The van der Waals surface area contributed by atoms with Crippen molar-refractivity contribution in [3.05, 3.63) is 29.8 Å². The van der Waals surface area contributed by atoms with Crippen LogP contribution >= 0.6 is 0 Å². The fraction of sp³-hybridized carbons (Fsp3) is 0.500. The van der Waals surface area contributed by atoms with Crippen molar-refractivity contribution in [2.24, 2.45) is 0 Å². The van der Waals surface area contributed by atoms with Crippen molar-refractivity contribution in [2.45, 2.75) is 25.7 Å². The molecule has 2 heterocycles. The molecule has 4 heteroatoms. The maximum atomic E-state index is 13.1. The minimum absolute atomic E-state index is 0.210. The van der Waals surface area contributed by atoms with E-state index in [4.69, 9.17) is 0 Å². The van der Waals surface area contributed by atoms with E-state index in [9.17, 15) is 4.39 Å². The highest BCUT2D eigenvalue weighted by molar-refractivity contribution is 5.75. The molecule has 1 aliphatic rings. The van der Waals surface area contributed by atoms with Gasteiger partial charge in [-0.25, -0.2) is 9.37 Å². The Hall–Kier alpha value is -1.42. The van der Waals surface area contributed by atoms with Crippen molar-refractivity contribution >= 4 is 11.0 Å². The largest absolute Gasteiger partial charge is 0.342 e. The van der Waals surface area contributed by atoms with Gasteiger partial charge in [-0.05, 0) is 50.7 Å². The molecule has 0 spiro atoms. The van der Waals surface area contributed by atoms with Crippen LogP contribution in [0.15, 0.2) is 18.2 Å². The highest BCUT2D eigenvalue weighted by Crippen LogP contribution is 2.27. The molecule has 1 aromatic heterocycles. The van der Waals surface area contributed by atoms with Gasteiger partial charge in [-0.15, -0.1) is 0 Å². The Kier molecular flexibility index (Phi) is 3.04. The summed E-state index contributed by atoms with van der Waals surface area (Å²) in [6.45, 7) is 5.58. The van der Waals surface area contributed by atoms with E-state index < -0.39 is 0 Å². The predicted molar refractivity (Wildman–Crippen MR) is 70.1 cm³/mol. The summed E-state index contributed by atoms with van der Waals surface area (Å²) in [5, 5.41) is 0. The number of likely N-dealkylation sites (tertiary alicyclic amines) is 1. The number of aromatic nitrogens is 2. The molecule has 0 bridgehead atoms. The minimum atomic E-state index is -0.210. The van der Waals surface area contributed by atoms with Crippen LogP contribution in [0.25, 0.3) is 11.0 Å². The summed E-state index contributed by atoms with van der Waals surface area (Å²) in [5.74, 6) is 1.30. The lowest BCUT2D eigenvalue weighted by atomic mass is 9.96. The summed E-state index contributed by atoms with van der Waals surface area (Å²) < 4.78 is 13.1. The van der Waals surface area contributed by atoms with Gasteiger partial charge in [-0.2, -0.15) is 0 Å². The number of H-pyrrole nitrogens is 1. The van der Waals surface area contributed by atoms with Crippen molar-refractivity contribution in [3.63, 3.8) is 0 Å². The lowest BCUT2D eigenvalue weighted by Gasteiger charge is -2.29. The van der Waals surface area contributed by atoms with E-state index in [1.165, 1.54) is 12.1 Å². The zero-order valence-corrected chi connectivity index (χ0v) is 10.6. The van der Waals surface area contributed by atoms with Gasteiger partial charge in [0.2, 0.25) is 0 Å². The lowest BCUT2D eigenvalue weighted by Crippen LogP contribution is -2.32. The second-order valence-electron chi connectivity index (χ2n) is 4.99. The van der Waals surface area contributed by atoms with Crippen molar-refractivity contribution in [2.75, 3.05) is 19.6 Å². The molecule has 1 N–H and O–H groups in total. The average molecular weight is 247 g/mol. The number of benzene rings is 1. The number of hydrogen-bond donors (Lipinski definition) is 1. The Morgan fingerprint density at radius 2 is 2.17 bits per heavy atom. The molecule has 0 saturated carbocycles. The topological polar surface area (TPSA) is 31.9 Å². The number of aromatic amines is 1. The first-order valence-corrected chi connectivity index (χ1v) is 6.64. The summed E-state index contributed by atoms with van der Waals surface area (Å²) in [5.41, 5.74) is 1.67. The average Bonchev–Trinajstić information content (AvgIpc) is 2.81. The van der Waals surface area contributed by atoms with Crippen LogP contribution in [0.3, 0.4) is 0 Å². The fourth-order valence-corrected chi connectivity index (χ4v) is 2.72. The normalized spacial score (nSPS) is 18.6. The number of hydrogen-bond acceptors (Lipinski definition) is 2. The number of fused-ring (bicyclic) bond motifs is 1. The molecular formula is C14H18FN3. The summed E-state index contributed by atoms with van der Waals surface area (Å²) in [7, 11) is 0. The minimum Gasteiger partial charge on any atom is -0.342 e. The van der Waals surface area contributed by atoms with Gasteiger partial charge in [-0.1, -0.05) is 6.92 Å². The van der Waals surface area contributed by atoms with Crippen LogP contribution in [-0.2, 0) is 0 Å². The number of piperidine rings is 1. The van der Waals surface area contributed by atoms with Crippen LogP contribution in [0.5, 0.6) is 0 Å². The summed E-state index contributed by atoms with van der Waals surface area (Å²) in [4.78, 5) is 10.3. The van der Waals surface area contributed by atoms with E-state index >= 15 is 0 Å². The Labute approximate surface area is 106 Å². The van der Waals surface area contributed by atoms with Gasteiger partial charge in [0.15, 0.2) is 0 Å². The summed E-state index contributed by atoms with van der Waals surface area (Å²) in [6.07, 6.45) is 2.27. The number of halogens is 1. The Balaban J connectivity index is 1.82. The van der Waals surface area contributed by atoms with Crippen LogP contribution in [0.2, 0.25) is 0 Å². The molecule has 1 aromatic carbocycles. The van der Waals surface area contributed by atoms with Crippen LogP contribution in [-0.4, -0.2) is 34.5 Å². The highest BCUT2D eigenvalue weighted by atomic mass is 19.1. The lowest BCUT2D eigenvalue weighted by molar-refractivity contribution is 0.219. The van der Waals surface area contributed by atoms with Gasteiger partial charge in [0.1, 0.15) is 11.6 Å². The van der Waals surface area contributed by atoms with Gasteiger partial charge >= 0.3 is 0 Å². The van der Waals surface area contributed by atoms with E-state index in [2.05, 4.69) is 21.8 Å². The monoisotopic (exact) mass is 247 g/mol. The quantitative estimate of drug-likeness (QED) is 0.885. The summed E-state index contributed by atoms with van der Waals surface area (Å²) >= 11 is 0. The second-order valence-corrected chi connectivity index (χ2v) is 4.99. The number of nitrogens with zero attached hydrogens (tertiary/aromatic N) is 2. The highest BCUT2D eigenvalue weighted by Gasteiger charge is 2.22. The van der Waals surface area contributed by atoms with Crippen molar-refractivity contribution < 1.29 is 4.39 Å². The van der Waals surface area contributed by atoms with Crippen molar-refractivity contribution in [1.82, 2.24) is 14.9 Å². The van der Waals surface area contributed by atoms with E-state index in [1.54, 1.807) is 6.07 Å². The molecule has 2 aromatic rings. The Morgan fingerprint density at radius 1 is 1.39 bits per heavy atom. The predicted octanol–water partition coefficient (Wildman–Crippen LogP) is 2.90. The summed E-state index contributed by atoms with van der Waals surface area (Å²) in [6, 6.07) is 4.73. The molecule has 0 radical (unpaired) electrons. The van der Waals surface area contributed by atoms with Crippen molar-refractivity contribution in [1.29, 1.82) is 0 Å². The fourth-order valence-electron chi connectivity index (χ4n) is 2.72. The molecule has 3 rings (SSSR count). The molecule has 0 unspecified atom stereocenters. The molecule has 96 valence electrons. The van der Waals surface area contributed by atoms with E-state index in [0.29, 0.717) is 5.92 Å². The van der Waals surface area contributed by atoms with Crippen molar-refractivity contribution in [3.8, 4) is 0 Å². The van der Waals surface area contributed by atoms with Crippen LogP contribution in [0.1, 0.15) is 31.5 Å². The van der Waals surface area contributed by atoms with Gasteiger partial charge in [-0.3, -0.25) is 0 Å². The molecule has 1 saturated heterocycles. The van der Waals surface area contributed by atoms with Crippen LogP contribution in [0, 0.1) is 5.82 Å². The SMILES string of the molecule is CCN1CCC(c2nc3ccc(F)cc3[nH]2)CC1. The van der Waals surface area contributed by atoms with E-state index in [0.717, 1.165) is 49.3 Å². The molecule has 0 atom stereocenters. The number of nitrogens with one attached hydrogen (secondary N) is 1. The van der Waals surface area contributed by atoms with Crippen LogP contribution in [0.4, 0.5) is 4.39 Å². The third-order valence-electron chi connectivity index (χ3n) is 3.88. The van der Waals surface area contributed by atoms with Crippen LogP contribution < -0.4 is 0 Å². The third kappa shape index (κ3) is 2.12. The van der Waals surface area contributed by atoms with Gasteiger partial charge in [0.05, 0.1) is 11.0 Å². The van der Waals surface area contributed by atoms with E-state index in [-0.39, 0.29) is 5.82 Å². The Bertz CT molecular complexity index is 541. The molecule has 1 fully saturated rings. The molecule has 0 amide bonds. The molecular weight excluding hydrogens is 229 g/mol. The zero-order chi connectivity index (χ0) is 12.5. The maximum Gasteiger partial charge on any atom is 0.125 e. The smallest absolute Gasteiger partial charge is 0.125 e. The maximum absolute atomic E-state index is 13.1. The number of imidazole rings is 1. The van der Waals surface area contributed by atoms with Gasteiger partial charge < -0.3 is 9.88 Å². The zero-order valence-electron chi connectivity index (χ0n) is 10.6. The first-order chi connectivity index (χ1) is 8.76. The molecule has 0 aliphatic carbocycles. The standard InChI is InChI=1S/C14H18FN3/c1-2-18-7-5-10(6-8-18)14-16-12-4-3-11(15)9-13(12)17-14/h3-4,9-10H,2,5-8H2,1H3,(H,16,17). The third-order valence-corrected chi connectivity index (χ3v) is 3.88. The first kappa shape index (κ1) is 11.7. The second kappa shape index (κ2) is 4.69. The first-order valence-electron chi connectivity index (χ1n) is 6.64. The molecule has 18 heavy (non-hydrogen) atoms. The van der Waals surface area contributed by atoms with Gasteiger partial charge in [0, 0.05) is 5.92 Å². The Morgan fingerprint density at radius 3 is 2.89 bits per heavy atom. The molecule has 1 aliphatic heterocycles. The van der Waals surface area contributed by atoms with E-state index in [1.807, 2.05) is 0 Å². The molecule has 3 nitrogen and oxygen atoms in total. The van der Waals surface area contributed by atoms with Gasteiger partial charge in [0.25, 0.3) is 0 Å². The number of rotatable bonds is 2.